The largest absolute Gasteiger partial charge is 0.497 e. The summed E-state index contributed by atoms with van der Waals surface area (Å²) in [4.78, 5) is 59.5. The van der Waals surface area contributed by atoms with E-state index < -0.39 is 24.0 Å². The maximum atomic E-state index is 12.8. The fraction of sp³-hybridized carbons (Fsp3) is 0.423. The first-order valence-corrected chi connectivity index (χ1v) is 13.7. The molecule has 2 amide bonds. The third-order valence-electron chi connectivity index (χ3n) is 5.56. The summed E-state index contributed by atoms with van der Waals surface area (Å²) in [6, 6.07) is 9.68. The van der Waals surface area contributed by atoms with E-state index in [4.69, 9.17) is 4.74 Å². The molecule has 0 bridgehead atoms. The topological polar surface area (TPSA) is 139 Å². The van der Waals surface area contributed by atoms with Crippen molar-refractivity contribution in [2.24, 2.45) is 0 Å². The number of fused-ring (bicyclic) bond motifs is 1. The summed E-state index contributed by atoms with van der Waals surface area (Å²) >= 11 is 2.00. The van der Waals surface area contributed by atoms with Crippen molar-refractivity contribution in [3.63, 3.8) is 0 Å². The first-order valence-electron chi connectivity index (χ1n) is 11.7. The van der Waals surface area contributed by atoms with E-state index in [2.05, 4.69) is 10.6 Å². The second-order valence-corrected chi connectivity index (χ2v) is 10.6. The molecule has 2 rings (SSSR count). The van der Waals surface area contributed by atoms with Crippen LogP contribution in [0.15, 0.2) is 36.4 Å². The van der Waals surface area contributed by atoms with E-state index in [9.17, 15) is 29.1 Å². The monoisotopic (exact) mass is 548 g/mol. The molecule has 3 unspecified atom stereocenters. The number of carboxylic acids is 1. The number of nitrogens with one attached hydrogen (secondary N) is 2. The zero-order valence-corrected chi connectivity index (χ0v) is 22.9. The zero-order valence-electron chi connectivity index (χ0n) is 21.2. The van der Waals surface area contributed by atoms with Gasteiger partial charge in [0.05, 0.1) is 19.1 Å². The van der Waals surface area contributed by atoms with Crippen LogP contribution in [0.4, 0.5) is 0 Å². The Bertz CT molecular complexity index is 1150. The van der Waals surface area contributed by atoms with Gasteiger partial charge in [0.15, 0.2) is 5.12 Å². The van der Waals surface area contributed by atoms with Crippen LogP contribution in [0.25, 0.3) is 10.8 Å². The van der Waals surface area contributed by atoms with Crippen molar-refractivity contribution in [1.29, 1.82) is 0 Å². The van der Waals surface area contributed by atoms with E-state index >= 15 is 0 Å². The van der Waals surface area contributed by atoms with Crippen LogP contribution in [0.1, 0.15) is 45.1 Å². The van der Waals surface area contributed by atoms with Gasteiger partial charge in [-0.05, 0) is 41.3 Å². The molecule has 0 aromatic heterocycles. The molecule has 2 aromatic carbocycles. The van der Waals surface area contributed by atoms with Crippen LogP contribution in [0.2, 0.25) is 0 Å². The lowest BCUT2D eigenvalue weighted by Crippen LogP contribution is -2.41. The summed E-state index contributed by atoms with van der Waals surface area (Å²) in [5.41, 5.74) is 0.882. The van der Waals surface area contributed by atoms with Crippen LogP contribution < -0.4 is 15.4 Å². The Morgan fingerprint density at radius 2 is 1.38 bits per heavy atom. The van der Waals surface area contributed by atoms with Crippen LogP contribution in [-0.2, 0) is 24.0 Å². The third-order valence-corrected chi connectivity index (χ3v) is 7.65. The predicted octanol–water partition coefficient (Wildman–Crippen LogP) is 3.35. The summed E-state index contributed by atoms with van der Waals surface area (Å²) in [5.74, 6) is -1.15. The molecular formula is C26H32N2O7S2. The van der Waals surface area contributed by atoms with Gasteiger partial charge in [-0.25, -0.2) is 4.79 Å². The van der Waals surface area contributed by atoms with Crippen molar-refractivity contribution in [1.82, 2.24) is 10.6 Å². The van der Waals surface area contributed by atoms with Crippen molar-refractivity contribution in [3.05, 3.63) is 42.0 Å². The van der Waals surface area contributed by atoms with Gasteiger partial charge in [0.1, 0.15) is 11.8 Å². The molecule has 0 radical (unpaired) electrons. The van der Waals surface area contributed by atoms with Crippen LogP contribution in [0.3, 0.4) is 0 Å². The molecule has 2 aromatic rings. The Kier molecular flexibility index (Phi) is 11.9. The molecule has 200 valence electrons. The fourth-order valence-electron chi connectivity index (χ4n) is 3.55. The third kappa shape index (κ3) is 9.73. The number of carboxylic acid groups (broad SMARTS) is 1. The number of ether oxygens (including phenoxy) is 1. The van der Waals surface area contributed by atoms with E-state index in [-0.39, 0.29) is 40.7 Å². The molecule has 0 heterocycles. The molecular weight excluding hydrogens is 516 g/mol. The number of carbonyl (C=O) groups excluding carboxylic acids is 4. The van der Waals surface area contributed by atoms with Crippen molar-refractivity contribution in [3.8, 4) is 5.75 Å². The molecule has 0 aliphatic carbocycles. The molecule has 9 nitrogen and oxygen atoms in total. The van der Waals surface area contributed by atoms with Crippen molar-refractivity contribution >= 4 is 62.3 Å². The molecule has 11 heteroatoms. The molecule has 0 saturated heterocycles. The Morgan fingerprint density at radius 1 is 0.838 bits per heavy atom. The summed E-state index contributed by atoms with van der Waals surface area (Å²) in [5, 5.41) is 15.7. The molecule has 0 aliphatic heterocycles. The number of hydrogen-bond acceptors (Lipinski definition) is 8. The molecule has 0 spiro atoms. The van der Waals surface area contributed by atoms with Gasteiger partial charge in [-0.3, -0.25) is 19.2 Å². The number of hydrogen-bond donors (Lipinski definition) is 3. The number of amides is 2. The SMILES string of the molecule is COc1ccc2cc(C(C)C(=O)SCCC(NC(C)=O)C(=O)SCCC(NC(C)=O)C(=O)O)ccc2c1. The van der Waals surface area contributed by atoms with Gasteiger partial charge < -0.3 is 20.5 Å². The summed E-state index contributed by atoms with van der Waals surface area (Å²) in [6.45, 7) is 4.36. The Morgan fingerprint density at radius 3 is 1.97 bits per heavy atom. The van der Waals surface area contributed by atoms with Gasteiger partial charge in [-0.15, -0.1) is 0 Å². The Hall–Kier alpha value is -3.05. The van der Waals surface area contributed by atoms with Gasteiger partial charge in [0, 0.05) is 25.4 Å². The highest BCUT2D eigenvalue weighted by atomic mass is 32.2. The van der Waals surface area contributed by atoms with Gasteiger partial charge >= 0.3 is 5.97 Å². The maximum absolute atomic E-state index is 12.8. The van der Waals surface area contributed by atoms with Crippen LogP contribution in [-0.4, -0.2) is 63.8 Å². The van der Waals surface area contributed by atoms with Gasteiger partial charge in [-0.1, -0.05) is 54.7 Å². The Balaban J connectivity index is 1.91. The first kappa shape index (κ1) is 30.2. The standard InChI is InChI=1S/C26H32N2O7S2/c1-15(18-5-6-20-14-21(35-4)8-7-19(20)13-18)25(33)36-12-10-23(28-17(3)30)26(34)37-11-9-22(24(31)32)27-16(2)29/h5-8,13-15,22-23H,9-12H2,1-4H3,(H,27,29)(H,28,30)(H,31,32). The lowest BCUT2D eigenvalue weighted by Gasteiger charge is -2.17. The number of methoxy groups -OCH3 is 1. The van der Waals surface area contributed by atoms with E-state index in [0.29, 0.717) is 5.75 Å². The minimum atomic E-state index is -1.18. The normalized spacial score (nSPS) is 13.3. The van der Waals surface area contributed by atoms with Gasteiger partial charge in [0.25, 0.3) is 0 Å². The molecule has 0 fully saturated rings. The second kappa shape index (κ2) is 14.6. The lowest BCUT2D eigenvalue weighted by atomic mass is 9.99. The van der Waals surface area contributed by atoms with Crippen LogP contribution >= 0.6 is 23.5 Å². The maximum Gasteiger partial charge on any atom is 0.326 e. The molecule has 3 atom stereocenters. The fourth-order valence-corrected chi connectivity index (χ4v) is 5.43. The quantitative estimate of drug-likeness (QED) is 0.344. The second-order valence-electron chi connectivity index (χ2n) is 8.45. The van der Waals surface area contributed by atoms with Crippen LogP contribution in [0.5, 0.6) is 5.75 Å². The van der Waals surface area contributed by atoms with Crippen LogP contribution in [0, 0.1) is 0 Å². The highest BCUT2D eigenvalue weighted by Crippen LogP contribution is 2.28. The van der Waals surface area contributed by atoms with Gasteiger partial charge in [0.2, 0.25) is 16.9 Å². The van der Waals surface area contributed by atoms with Gasteiger partial charge in [-0.2, -0.15) is 0 Å². The number of rotatable bonds is 13. The zero-order chi connectivity index (χ0) is 27.5. The number of aliphatic carboxylic acids is 1. The van der Waals surface area contributed by atoms with E-state index in [1.165, 1.54) is 13.8 Å². The molecule has 3 N–H and O–H groups in total. The first-order chi connectivity index (χ1) is 17.5. The van der Waals surface area contributed by atoms with E-state index in [0.717, 1.165) is 45.6 Å². The average Bonchev–Trinajstić information content (AvgIpc) is 2.85. The minimum Gasteiger partial charge on any atom is -0.497 e. The average molecular weight is 549 g/mol. The number of benzene rings is 2. The molecule has 0 saturated carbocycles. The van der Waals surface area contributed by atoms with Crippen molar-refractivity contribution < 1.29 is 33.8 Å². The lowest BCUT2D eigenvalue weighted by molar-refractivity contribution is -0.141. The predicted molar refractivity (Wildman–Crippen MR) is 146 cm³/mol. The summed E-state index contributed by atoms with van der Waals surface area (Å²) in [7, 11) is 1.61. The van der Waals surface area contributed by atoms with E-state index in [1.54, 1.807) is 7.11 Å². The van der Waals surface area contributed by atoms with Crippen molar-refractivity contribution in [2.75, 3.05) is 18.6 Å². The minimum absolute atomic E-state index is 0.0471. The molecule has 37 heavy (non-hydrogen) atoms. The summed E-state index contributed by atoms with van der Waals surface area (Å²) in [6.07, 6.45) is 0.307. The van der Waals surface area contributed by atoms with Crippen molar-refractivity contribution in [2.45, 2.75) is 51.6 Å². The summed E-state index contributed by atoms with van der Waals surface area (Å²) < 4.78 is 5.25. The number of carbonyl (C=O) groups is 5. The smallest absolute Gasteiger partial charge is 0.326 e. The Labute approximate surface area is 224 Å². The van der Waals surface area contributed by atoms with E-state index in [1.807, 2.05) is 43.3 Å². The highest BCUT2D eigenvalue weighted by Gasteiger charge is 2.24. The number of thioether (sulfide) groups is 2. The molecule has 0 aliphatic rings. The highest BCUT2D eigenvalue weighted by molar-refractivity contribution is 8.14.